The number of carbonyl (C=O) groups is 2. The van der Waals surface area contributed by atoms with E-state index in [1.54, 1.807) is 17.2 Å². The molecule has 0 aliphatic carbocycles. The number of fused-ring (bicyclic) bond motifs is 1. The summed E-state index contributed by atoms with van der Waals surface area (Å²) in [7, 11) is 0. The van der Waals surface area contributed by atoms with Crippen molar-refractivity contribution in [1.82, 2.24) is 14.8 Å². The third kappa shape index (κ3) is 4.41. The van der Waals surface area contributed by atoms with Gasteiger partial charge < -0.3 is 10.2 Å². The lowest BCUT2D eigenvalue weighted by molar-refractivity contribution is -0.117. The molecule has 7 heteroatoms. The van der Waals surface area contributed by atoms with Crippen molar-refractivity contribution in [3.8, 4) is 0 Å². The van der Waals surface area contributed by atoms with E-state index in [1.807, 2.05) is 29.2 Å². The lowest BCUT2D eigenvalue weighted by Gasteiger charge is -2.34. The zero-order chi connectivity index (χ0) is 20.2. The number of nitrogens with zero attached hydrogens (tertiary/aromatic N) is 3. The zero-order valence-electron chi connectivity index (χ0n) is 15.8. The summed E-state index contributed by atoms with van der Waals surface area (Å²) in [5.74, 6) is -0.537. The number of nitrogens with one attached hydrogen (secondary N) is 1. The van der Waals surface area contributed by atoms with E-state index >= 15 is 0 Å². The summed E-state index contributed by atoms with van der Waals surface area (Å²) in [6, 6.07) is 15.1. The molecule has 0 spiro atoms. The molecule has 2 amide bonds. The first-order valence-electron chi connectivity index (χ1n) is 9.51. The largest absolute Gasteiger partial charge is 0.336 e. The van der Waals surface area contributed by atoms with Crippen molar-refractivity contribution in [2.24, 2.45) is 0 Å². The average Bonchev–Trinajstić information content (AvgIpc) is 2.75. The minimum Gasteiger partial charge on any atom is -0.336 e. The van der Waals surface area contributed by atoms with Crippen LogP contribution in [-0.4, -0.2) is 59.3 Å². The number of carbonyl (C=O) groups excluding carboxylic acids is 2. The van der Waals surface area contributed by atoms with Gasteiger partial charge in [-0.05, 0) is 36.4 Å². The van der Waals surface area contributed by atoms with Crippen LogP contribution in [0.15, 0.2) is 60.8 Å². The molecule has 0 atom stereocenters. The number of hydrogen-bond donors (Lipinski definition) is 1. The number of halogens is 1. The van der Waals surface area contributed by atoms with E-state index in [0.29, 0.717) is 42.9 Å². The number of rotatable bonds is 4. The van der Waals surface area contributed by atoms with Crippen LogP contribution < -0.4 is 5.32 Å². The van der Waals surface area contributed by atoms with Crippen molar-refractivity contribution in [1.29, 1.82) is 0 Å². The normalized spacial score (nSPS) is 14.7. The molecule has 1 saturated heterocycles. The Bertz CT molecular complexity index is 1030. The molecule has 29 heavy (non-hydrogen) atoms. The van der Waals surface area contributed by atoms with Crippen LogP contribution in [0.2, 0.25) is 0 Å². The molecule has 148 valence electrons. The number of hydrogen-bond acceptors (Lipinski definition) is 4. The minimum absolute atomic E-state index is 0.0373. The standard InChI is InChI=1S/C22H21FN4O2/c23-17-6-8-18(9-7-17)25-20(28)15-26-11-13-27(14-12-26)22(29)19-5-1-3-16-4-2-10-24-21(16)19/h1-10H,11-15H2,(H,25,28). The van der Waals surface area contributed by atoms with E-state index < -0.39 is 0 Å². The van der Waals surface area contributed by atoms with Gasteiger partial charge in [0.05, 0.1) is 17.6 Å². The molecule has 0 saturated carbocycles. The Morgan fingerprint density at radius 1 is 0.966 bits per heavy atom. The SMILES string of the molecule is O=C(CN1CCN(C(=O)c2cccc3cccnc23)CC1)Nc1ccc(F)cc1. The monoisotopic (exact) mass is 392 g/mol. The fraction of sp³-hybridized carbons (Fsp3) is 0.227. The molecule has 0 bridgehead atoms. The molecule has 0 radical (unpaired) electrons. The lowest BCUT2D eigenvalue weighted by atomic mass is 10.1. The highest BCUT2D eigenvalue weighted by Crippen LogP contribution is 2.18. The number of pyridine rings is 1. The summed E-state index contributed by atoms with van der Waals surface area (Å²) < 4.78 is 13.0. The van der Waals surface area contributed by atoms with Gasteiger partial charge in [-0.25, -0.2) is 4.39 Å². The second-order valence-corrected chi connectivity index (χ2v) is 7.00. The van der Waals surface area contributed by atoms with Gasteiger partial charge in [0.1, 0.15) is 5.82 Å². The summed E-state index contributed by atoms with van der Waals surface area (Å²) in [6.07, 6.45) is 1.69. The molecule has 0 unspecified atom stereocenters. The van der Waals surface area contributed by atoms with E-state index in [1.165, 1.54) is 24.3 Å². The first-order valence-corrected chi connectivity index (χ1v) is 9.51. The summed E-state index contributed by atoms with van der Waals surface area (Å²) in [5.41, 5.74) is 1.88. The van der Waals surface area contributed by atoms with Gasteiger partial charge in [-0.15, -0.1) is 0 Å². The summed E-state index contributed by atoms with van der Waals surface area (Å²) >= 11 is 0. The van der Waals surface area contributed by atoms with E-state index in [0.717, 1.165) is 5.39 Å². The van der Waals surface area contributed by atoms with Gasteiger partial charge >= 0.3 is 0 Å². The number of para-hydroxylation sites is 1. The molecule has 6 nitrogen and oxygen atoms in total. The fourth-order valence-electron chi connectivity index (χ4n) is 3.49. The number of amides is 2. The van der Waals surface area contributed by atoms with Gasteiger partial charge in [-0.2, -0.15) is 0 Å². The Morgan fingerprint density at radius 3 is 2.45 bits per heavy atom. The zero-order valence-corrected chi connectivity index (χ0v) is 15.8. The maximum Gasteiger partial charge on any atom is 0.256 e. The molecule has 1 aliphatic rings. The van der Waals surface area contributed by atoms with Crippen LogP contribution in [0.1, 0.15) is 10.4 Å². The van der Waals surface area contributed by atoms with Crippen molar-refractivity contribution in [2.45, 2.75) is 0 Å². The van der Waals surface area contributed by atoms with Crippen LogP contribution in [0, 0.1) is 5.82 Å². The van der Waals surface area contributed by atoms with Crippen molar-refractivity contribution < 1.29 is 14.0 Å². The molecular weight excluding hydrogens is 371 g/mol. The van der Waals surface area contributed by atoms with Crippen molar-refractivity contribution in [3.05, 3.63) is 72.2 Å². The maximum atomic E-state index is 13.0. The van der Waals surface area contributed by atoms with Gasteiger partial charge in [0.15, 0.2) is 0 Å². The Kier molecular flexibility index (Phi) is 5.48. The van der Waals surface area contributed by atoms with Gasteiger partial charge in [0.25, 0.3) is 5.91 Å². The maximum absolute atomic E-state index is 13.0. The van der Waals surface area contributed by atoms with Crippen LogP contribution in [-0.2, 0) is 4.79 Å². The van der Waals surface area contributed by atoms with Gasteiger partial charge in [-0.1, -0.05) is 18.2 Å². The number of anilines is 1. The summed E-state index contributed by atoms with van der Waals surface area (Å²) in [5, 5.41) is 3.70. The van der Waals surface area contributed by atoms with Crippen LogP contribution in [0.25, 0.3) is 10.9 Å². The van der Waals surface area contributed by atoms with E-state index in [4.69, 9.17) is 0 Å². The Balaban J connectivity index is 1.33. The first kappa shape index (κ1) is 19.0. The summed E-state index contributed by atoms with van der Waals surface area (Å²) in [6.45, 7) is 2.55. The fourth-order valence-corrected chi connectivity index (χ4v) is 3.49. The second-order valence-electron chi connectivity index (χ2n) is 7.00. The van der Waals surface area contributed by atoms with Crippen LogP contribution in [0.4, 0.5) is 10.1 Å². The molecule has 1 N–H and O–H groups in total. The number of aromatic nitrogens is 1. The number of piperazine rings is 1. The van der Waals surface area contributed by atoms with Crippen molar-refractivity contribution in [2.75, 3.05) is 38.0 Å². The van der Waals surface area contributed by atoms with Crippen LogP contribution in [0.5, 0.6) is 0 Å². The molecule has 1 aliphatic heterocycles. The third-order valence-corrected chi connectivity index (χ3v) is 5.02. The quantitative estimate of drug-likeness (QED) is 0.742. The van der Waals surface area contributed by atoms with Crippen LogP contribution >= 0.6 is 0 Å². The molecule has 2 aromatic carbocycles. The highest BCUT2D eigenvalue weighted by atomic mass is 19.1. The van der Waals surface area contributed by atoms with Crippen molar-refractivity contribution in [3.63, 3.8) is 0 Å². The smallest absolute Gasteiger partial charge is 0.256 e. The molecular formula is C22H21FN4O2. The van der Waals surface area contributed by atoms with Crippen molar-refractivity contribution >= 4 is 28.4 Å². The predicted octanol–water partition coefficient (Wildman–Crippen LogP) is 2.77. The Labute approximate surface area is 167 Å². The molecule has 3 aromatic rings. The van der Waals surface area contributed by atoms with Gasteiger partial charge in [0.2, 0.25) is 5.91 Å². The Hall–Kier alpha value is -3.32. The summed E-state index contributed by atoms with van der Waals surface area (Å²) in [4.78, 5) is 33.4. The first-order chi connectivity index (χ1) is 14.1. The molecule has 1 aromatic heterocycles. The lowest BCUT2D eigenvalue weighted by Crippen LogP contribution is -2.50. The molecule has 1 fully saturated rings. The van der Waals surface area contributed by atoms with E-state index in [2.05, 4.69) is 10.3 Å². The van der Waals surface area contributed by atoms with E-state index in [-0.39, 0.29) is 24.2 Å². The Morgan fingerprint density at radius 2 is 1.69 bits per heavy atom. The minimum atomic E-state index is -0.342. The van der Waals surface area contributed by atoms with Crippen LogP contribution in [0.3, 0.4) is 0 Å². The highest BCUT2D eigenvalue weighted by Gasteiger charge is 2.24. The second kappa shape index (κ2) is 8.36. The topological polar surface area (TPSA) is 65.5 Å². The van der Waals surface area contributed by atoms with E-state index in [9.17, 15) is 14.0 Å². The third-order valence-electron chi connectivity index (χ3n) is 5.02. The molecule has 2 heterocycles. The highest BCUT2D eigenvalue weighted by molar-refractivity contribution is 6.05. The van der Waals surface area contributed by atoms with Gasteiger partial charge in [-0.3, -0.25) is 19.5 Å². The number of benzene rings is 2. The average molecular weight is 392 g/mol. The predicted molar refractivity (Wildman–Crippen MR) is 109 cm³/mol. The molecule has 4 rings (SSSR count). The van der Waals surface area contributed by atoms with Gasteiger partial charge in [0, 0.05) is 43.4 Å².